The highest BCUT2D eigenvalue weighted by Crippen LogP contribution is 2.43. The molecule has 1 aliphatic carbocycles. The lowest BCUT2D eigenvalue weighted by molar-refractivity contribution is -0.169. The van der Waals surface area contributed by atoms with Gasteiger partial charge >= 0.3 is 0 Å². The summed E-state index contributed by atoms with van der Waals surface area (Å²) in [6.45, 7) is 17.7. The average Bonchev–Trinajstić information content (AvgIpc) is 2.74. The molecule has 1 rings (SSSR count). The van der Waals surface area contributed by atoms with E-state index in [1.807, 2.05) is 0 Å². The van der Waals surface area contributed by atoms with Crippen LogP contribution in [0.15, 0.2) is 0 Å². The molecule has 0 aromatic heterocycles. The lowest BCUT2D eigenvalue weighted by Gasteiger charge is -2.42. The van der Waals surface area contributed by atoms with Crippen molar-refractivity contribution in [1.82, 2.24) is 0 Å². The van der Waals surface area contributed by atoms with E-state index in [2.05, 4.69) is 55.4 Å². The maximum atomic E-state index is 6.69. The average molecular weight is 299 g/mol. The molecule has 0 radical (unpaired) electrons. The summed E-state index contributed by atoms with van der Waals surface area (Å²) >= 11 is 0. The van der Waals surface area contributed by atoms with Crippen LogP contribution in [0.4, 0.5) is 0 Å². The van der Waals surface area contributed by atoms with E-state index in [1.165, 1.54) is 25.7 Å². The number of ether oxygens (including phenoxy) is 2. The van der Waals surface area contributed by atoms with Crippen molar-refractivity contribution in [3.05, 3.63) is 0 Å². The summed E-state index contributed by atoms with van der Waals surface area (Å²) in [5.74, 6) is 0.596. The van der Waals surface area contributed by atoms with E-state index in [1.54, 1.807) is 0 Å². The monoisotopic (exact) mass is 298 g/mol. The van der Waals surface area contributed by atoms with E-state index in [0.29, 0.717) is 5.92 Å². The van der Waals surface area contributed by atoms with Crippen molar-refractivity contribution in [2.24, 2.45) is 5.92 Å². The third-order valence-corrected chi connectivity index (χ3v) is 4.87. The molecule has 0 aromatic rings. The molecule has 2 heteroatoms. The van der Waals surface area contributed by atoms with Crippen LogP contribution < -0.4 is 0 Å². The van der Waals surface area contributed by atoms with Crippen LogP contribution >= 0.6 is 0 Å². The van der Waals surface area contributed by atoms with Crippen molar-refractivity contribution in [3.8, 4) is 0 Å². The predicted octanol–water partition coefficient (Wildman–Crippen LogP) is 5.73. The molecule has 2 nitrogen and oxygen atoms in total. The number of hydrogen-bond acceptors (Lipinski definition) is 2. The molecule has 0 atom stereocenters. The van der Waals surface area contributed by atoms with Gasteiger partial charge in [-0.1, -0.05) is 26.7 Å². The smallest absolute Gasteiger partial charge is 0.0712 e. The van der Waals surface area contributed by atoms with Gasteiger partial charge in [0.2, 0.25) is 0 Å². The van der Waals surface area contributed by atoms with Crippen LogP contribution in [0, 0.1) is 5.92 Å². The van der Waals surface area contributed by atoms with Crippen molar-refractivity contribution in [2.45, 2.75) is 117 Å². The van der Waals surface area contributed by atoms with E-state index in [-0.39, 0.29) is 22.9 Å². The van der Waals surface area contributed by atoms with Gasteiger partial charge in [0, 0.05) is 0 Å². The molecule has 1 saturated carbocycles. The van der Waals surface area contributed by atoms with Gasteiger partial charge in [0.1, 0.15) is 0 Å². The minimum absolute atomic E-state index is 0.0739. The zero-order chi connectivity index (χ0) is 16.3. The second kappa shape index (κ2) is 7.00. The Balaban J connectivity index is 2.60. The Morgan fingerprint density at radius 1 is 0.857 bits per heavy atom. The molecule has 126 valence electrons. The first-order valence-electron chi connectivity index (χ1n) is 8.86. The van der Waals surface area contributed by atoms with Crippen molar-refractivity contribution in [2.75, 3.05) is 0 Å². The Morgan fingerprint density at radius 3 is 1.76 bits per heavy atom. The first kappa shape index (κ1) is 19.0. The Labute approximate surface area is 133 Å². The summed E-state index contributed by atoms with van der Waals surface area (Å²) in [4.78, 5) is 0. The van der Waals surface area contributed by atoms with Gasteiger partial charge in [-0.3, -0.25) is 0 Å². The quantitative estimate of drug-likeness (QED) is 0.569. The molecule has 1 fully saturated rings. The molecule has 0 N–H and O–H groups in total. The van der Waals surface area contributed by atoms with Crippen LogP contribution in [0.25, 0.3) is 0 Å². The van der Waals surface area contributed by atoms with Gasteiger partial charge in [-0.15, -0.1) is 0 Å². The Hall–Kier alpha value is -0.0800. The molecule has 0 aromatic carbocycles. The minimum atomic E-state index is -0.0772. The number of hydrogen-bond donors (Lipinski definition) is 0. The third-order valence-electron chi connectivity index (χ3n) is 4.87. The van der Waals surface area contributed by atoms with E-state index in [9.17, 15) is 0 Å². The van der Waals surface area contributed by atoms with Gasteiger partial charge in [-0.2, -0.15) is 0 Å². The number of rotatable bonds is 8. The normalized spacial score (nSPS) is 19.7. The molecule has 0 saturated heterocycles. The van der Waals surface area contributed by atoms with E-state index in [4.69, 9.17) is 9.47 Å². The van der Waals surface area contributed by atoms with Gasteiger partial charge in [-0.25, -0.2) is 0 Å². The van der Waals surface area contributed by atoms with Gasteiger partial charge in [0.05, 0.1) is 22.9 Å². The zero-order valence-corrected chi connectivity index (χ0v) is 15.7. The molecule has 0 unspecified atom stereocenters. The summed E-state index contributed by atoms with van der Waals surface area (Å²) in [6, 6.07) is 0. The van der Waals surface area contributed by atoms with Crippen molar-refractivity contribution in [1.29, 1.82) is 0 Å². The second-order valence-electron chi connectivity index (χ2n) is 8.71. The Morgan fingerprint density at radius 2 is 1.33 bits per heavy atom. The topological polar surface area (TPSA) is 18.5 Å². The maximum Gasteiger partial charge on any atom is 0.0712 e. The van der Waals surface area contributed by atoms with Crippen molar-refractivity contribution >= 4 is 0 Å². The molecule has 0 spiro atoms. The predicted molar refractivity (Wildman–Crippen MR) is 90.7 cm³/mol. The van der Waals surface area contributed by atoms with E-state index < -0.39 is 0 Å². The molecule has 0 bridgehead atoms. The lowest BCUT2D eigenvalue weighted by Crippen LogP contribution is -2.44. The van der Waals surface area contributed by atoms with E-state index in [0.717, 1.165) is 12.8 Å². The van der Waals surface area contributed by atoms with Crippen LogP contribution in [-0.2, 0) is 9.47 Å². The highest BCUT2D eigenvalue weighted by molar-refractivity contribution is 4.92. The van der Waals surface area contributed by atoms with Gasteiger partial charge in [0.25, 0.3) is 0 Å². The van der Waals surface area contributed by atoms with E-state index >= 15 is 0 Å². The molecule has 1 aliphatic rings. The fourth-order valence-electron chi connectivity index (χ4n) is 3.67. The maximum absolute atomic E-state index is 6.69. The van der Waals surface area contributed by atoms with Crippen LogP contribution in [0.3, 0.4) is 0 Å². The largest absolute Gasteiger partial charge is 0.373 e. The van der Waals surface area contributed by atoms with Crippen LogP contribution in [0.1, 0.15) is 93.9 Å². The fraction of sp³-hybridized carbons (Fsp3) is 1.00. The van der Waals surface area contributed by atoms with Crippen molar-refractivity contribution < 1.29 is 9.47 Å². The minimum Gasteiger partial charge on any atom is -0.373 e. The Kier molecular flexibility index (Phi) is 6.32. The molecular formula is C19H38O2. The zero-order valence-electron chi connectivity index (χ0n) is 15.7. The fourth-order valence-corrected chi connectivity index (χ4v) is 3.67. The molecule has 0 aliphatic heterocycles. The molecular weight excluding hydrogens is 260 g/mol. The first-order valence-corrected chi connectivity index (χ1v) is 8.86. The summed E-state index contributed by atoms with van der Waals surface area (Å²) < 4.78 is 12.7. The summed E-state index contributed by atoms with van der Waals surface area (Å²) in [6.07, 6.45) is 7.43. The third kappa shape index (κ3) is 5.90. The Bertz CT molecular complexity index is 310. The summed E-state index contributed by atoms with van der Waals surface area (Å²) in [5.41, 5.74) is -0.0474. The standard InChI is InChI=1S/C19H38O2/c1-15(2)19(11-9-10-12-19)21-18(7,8)14-13-17(5,6)20-16(3)4/h15-16H,9-14H2,1-8H3. The highest BCUT2D eigenvalue weighted by atomic mass is 16.5. The van der Waals surface area contributed by atoms with Crippen LogP contribution in [-0.4, -0.2) is 22.9 Å². The summed E-state index contributed by atoms with van der Waals surface area (Å²) in [5, 5.41) is 0. The van der Waals surface area contributed by atoms with Crippen molar-refractivity contribution in [3.63, 3.8) is 0 Å². The van der Waals surface area contributed by atoms with Gasteiger partial charge in [0.15, 0.2) is 0 Å². The molecule has 21 heavy (non-hydrogen) atoms. The summed E-state index contributed by atoms with van der Waals surface area (Å²) in [7, 11) is 0. The highest BCUT2D eigenvalue weighted by Gasteiger charge is 2.42. The van der Waals surface area contributed by atoms with Gasteiger partial charge in [-0.05, 0) is 73.1 Å². The molecule has 0 heterocycles. The van der Waals surface area contributed by atoms with Gasteiger partial charge < -0.3 is 9.47 Å². The molecule has 0 amide bonds. The van der Waals surface area contributed by atoms with Crippen LogP contribution in [0.5, 0.6) is 0 Å². The lowest BCUT2D eigenvalue weighted by atomic mass is 9.86. The SMILES string of the molecule is CC(C)OC(C)(C)CCC(C)(C)OC1(C(C)C)CCCC1. The first-order chi connectivity index (χ1) is 9.48. The second-order valence-corrected chi connectivity index (χ2v) is 8.71. The van der Waals surface area contributed by atoms with Crippen LogP contribution in [0.2, 0.25) is 0 Å².